The van der Waals surface area contributed by atoms with Crippen molar-refractivity contribution >= 4 is 23.7 Å². The molecule has 0 spiro atoms. The second-order valence-corrected chi connectivity index (χ2v) is 5.89. The Balaban J connectivity index is 1.53. The number of anilines is 1. The first-order chi connectivity index (χ1) is 13.2. The number of fused-ring (bicyclic) bond motifs is 1. The average Bonchev–Trinajstić information content (AvgIpc) is 3.38. The molecule has 1 unspecified atom stereocenters. The Kier molecular flexibility index (Phi) is 4.44. The zero-order valence-corrected chi connectivity index (χ0v) is 14.2. The van der Waals surface area contributed by atoms with Crippen LogP contribution in [0.3, 0.4) is 0 Å². The molecule has 1 aliphatic heterocycles. The minimum atomic E-state index is -0.522. The summed E-state index contributed by atoms with van der Waals surface area (Å²) in [7, 11) is 0. The summed E-state index contributed by atoms with van der Waals surface area (Å²) < 4.78 is 10.2. The fraction of sp³-hybridized carbons (Fsp3) is 0.105. The highest BCUT2D eigenvalue weighted by atomic mass is 16.3. The fourth-order valence-electron chi connectivity index (χ4n) is 2.87. The van der Waals surface area contributed by atoms with E-state index in [9.17, 15) is 9.59 Å². The monoisotopic (exact) mass is 364 g/mol. The molecule has 1 atom stereocenters. The van der Waals surface area contributed by atoms with E-state index < -0.39 is 12.1 Å². The van der Waals surface area contributed by atoms with Gasteiger partial charge in [0.15, 0.2) is 0 Å². The molecule has 2 amide bonds. The number of rotatable bonds is 5. The lowest BCUT2D eigenvalue weighted by atomic mass is 10.1. The van der Waals surface area contributed by atoms with Crippen molar-refractivity contribution in [2.75, 3.05) is 11.9 Å². The van der Waals surface area contributed by atoms with Gasteiger partial charge in [0.25, 0.3) is 11.8 Å². The number of hydrogen-bond donors (Lipinski definition) is 2. The van der Waals surface area contributed by atoms with Crippen molar-refractivity contribution in [2.45, 2.75) is 6.17 Å². The summed E-state index contributed by atoms with van der Waals surface area (Å²) in [5.74, 6) is -0.169. The number of hydrogen-bond acceptors (Lipinski definition) is 6. The molecule has 8 nitrogen and oxygen atoms in total. The Bertz CT molecular complexity index is 964. The molecular formula is C19H16N4O4. The Morgan fingerprint density at radius 2 is 2.11 bits per heavy atom. The maximum Gasteiger partial charge on any atom is 0.259 e. The van der Waals surface area contributed by atoms with Crippen LogP contribution in [0.2, 0.25) is 0 Å². The van der Waals surface area contributed by atoms with Gasteiger partial charge in [-0.25, -0.2) is 5.43 Å². The number of furan rings is 2. The van der Waals surface area contributed by atoms with Crippen molar-refractivity contribution in [3.05, 3.63) is 78.1 Å². The van der Waals surface area contributed by atoms with Gasteiger partial charge < -0.3 is 19.1 Å². The van der Waals surface area contributed by atoms with Gasteiger partial charge in [0, 0.05) is 11.3 Å². The third kappa shape index (κ3) is 3.45. The van der Waals surface area contributed by atoms with Gasteiger partial charge in [-0.15, -0.1) is 0 Å². The molecule has 0 saturated heterocycles. The van der Waals surface area contributed by atoms with E-state index in [4.69, 9.17) is 8.83 Å². The molecule has 1 aliphatic rings. The number of amides is 2. The molecule has 0 radical (unpaired) electrons. The second-order valence-electron chi connectivity index (χ2n) is 5.89. The van der Waals surface area contributed by atoms with Crippen LogP contribution in [-0.4, -0.2) is 29.5 Å². The van der Waals surface area contributed by atoms with Gasteiger partial charge in [0.1, 0.15) is 18.5 Å². The van der Waals surface area contributed by atoms with Crippen LogP contribution in [-0.2, 0) is 4.79 Å². The SMILES string of the molecule is O=C(CN1C(=O)c2ccccc2NC1c1ccoc1)N/N=C/c1ccco1. The van der Waals surface area contributed by atoms with Gasteiger partial charge in [-0.1, -0.05) is 12.1 Å². The lowest BCUT2D eigenvalue weighted by molar-refractivity contribution is -0.122. The summed E-state index contributed by atoms with van der Waals surface area (Å²) in [6.45, 7) is -0.175. The van der Waals surface area contributed by atoms with Crippen molar-refractivity contribution in [1.29, 1.82) is 0 Å². The number of para-hydroxylation sites is 1. The fourth-order valence-corrected chi connectivity index (χ4v) is 2.87. The van der Waals surface area contributed by atoms with Crippen LogP contribution in [0, 0.1) is 0 Å². The standard InChI is InChI=1S/C19H16N4O4/c24-17(22-20-10-14-4-3-8-27-14)11-23-18(13-7-9-26-12-13)21-16-6-2-1-5-15(16)19(23)25/h1-10,12,18,21H,11H2,(H,22,24)/b20-10+. The third-order valence-electron chi connectivity index (χ3n) is 4.12. The number of hydrazone groups is 1. The summed E-state index contributed by atoms with van der Waals surface area (Å²) in [5.41, 5.74) is 4.36. The predicted molar refractivity (Wildman–Crippen MR) is 97.0 cm³/mol. The van der Waals surface area contributed by atoms with Gasteiger partial charge in [0.05, 0.1) is 30.6 Å². The maximum atomic E-state index is 12.9. The summed E-state index contributed by atoms with van der Waals surface area (Å²) in [6.07, 6.45) is 5.43. The highest BCUT2D eigenvalue weighted by Gasteiger charge is 2.34. The van der Waals surface area contributed by atoms with Gasteiger partial charge in [-0.05, 0) is 30.3 Å². The molecule has 2 N–H and O–H groups in total. The molecule has 0 bridgehead atoms. The Morgan fingerprint density at radius 3 is 2.89 bits per heavy atom. The zero-order chi connectivity index (χ0) is 18.6. The van der Waals surface area contributed by atoms with Crippen molar-refractivity contribution < 1.29 is 18.4 Å². The molecule has 3 aromatic rings. The molecule has 136 valence electrons. The van der Waals surface area contributed by atoms with Gasteiger partial charge >= 0.3 is 0 Å². The quantitative estimate of drug-likeness (QED) is 0.535. The number of carbonyl (C=O) groups is 2. The van der Waals surface area contributed by atoms with Crippen LogP contribution in [0.4, 0.5) is 5.69 Å². The van der Waals surface area contributed by atoms with E-state index in [0.717, 1.165) is 5.56 Å². The van der Waals surface area contributed by atoms with Crippen LogP contribution in [0.1, 0.15) is 27.8 Å². The van der Waals surface area contributed by atoms with Gasteiger partial charge in [0.2, 0.25) is 0 Å². The Morgan fingerprint density at radius 1 is 1.22 bits per heavy atom. The van der Waals surface area contributed by atoms with E-state index in [2.05, 4.69) is 15.8 Å². The summed E-state index contributed by atoms with van der Waals surface area (Å²) >= 11 is 0. The van der Waals surface area contributed by atoms with Crippen molar-refractivity contribution in [3.63, 3.8) is 0 Å². The van der Waals surface area contributed by atoms with E-state index in [1.165, 1.54) is 23.6 Å². The largest absolute Gasteiger partial charge is 0.472 e. The van der Waals surface area contributed by atoms with E-state index >= 15 is 0 Å². The summed E-state index contributed by atoms with van der Waals surface area (Å²) in [5, 5.41) is 7.12. The van der Waals surface area contributed by atoms with Crippen molar-refractivity contribution in [2.24, 2.45) is 5.10 Å². The van der Waals surface area contributed by atoms with Crippen LogP contribution in [0.15, 0.2) is 75.2 Å². The van der Waals surface area contributed by atoms with E-state index in [-0.39, 0.29) is 12.5 Å². The number of carbonyl (C=O) groups excluding carboxylic acids is 2. The second kappa shape index (κ2) is 7.20. The van der Waals surface area contributed by atoms with Gasteiger partial charge in [-0.2, -0.15) is 5.10 Å². The summed E-state index contributed by atoms with van der Waals surface area (Å²) in [4.78, 5) is 26.7. The van der Waals surface area contributed by atoms with Crippen LogP contribution < -0.4 is 10.7 Å². The molecule has 2 aromatic heterocycles. The number of nitrogens with zero attached hydrogens (tertiary/aromatic N) is 2. The molecule has 3 heterocycles. The predicted octanol–water partition coefficient (Wildman–Crippen LogP) is 2.59. The molecule has 1 aromatic carbocycles. The smallest absolute Gasteiger partial charge is 0.259 e. The highest BCUT2D eigenvalue weighted by Crippen LogP contribution is 2.32. The average molecular weight is 364 g/mol. The normalized spacial score (nSPS) is 16.2. The molecule has 4 rings (SSSR count). The van der Waals surface area contributed by atoms with Crippen molar-refractivity contribution in [1.82, 2.24) is 10.3 Å². The zero-order valence-electron chi connectivity index (χ0n) is 14.2. The topological polar surface area (TPSA) is 100 Å². The van der Waals surface area contributed by atoms with E-state index in [1.54, 1.807) is 36.6 Å². The Labute approximate surface area is 154 Å². The molecule has 0 fully saturated rings. The first-order valence-electron chi connectivity index (χ1n) is 8.26. The molecule has 0 saturated carbocycles. The van der Waals surface area contributed by atoms with Crippen molar-refractivity contribution in [3.8, 4) is 0 Å². The number of benzene rings is 1. The lowest BCUT2D eigenvalue weighted by Gasteiger charge is -2.36. The minimum Gasteiger partial charge on any atom is -0.472 e. The Hall–Kier alpha value is -3.81. The van der Waals surface area contributed by atoms with E-state index in [0.29, 0.717) is 17.0 Å². The molecular weight excluding hydrogens is 348 g/mol. The van der Waals surface area contributed by atoms with Crippen LogP contribution in [0.25, 0.3) is 0 Å². The maximum absolute atomic E-state index is 12.9. The van der Waals surface area contributed by atoms with Crippen LogP contribution >= 0.6 is 0 Å². The molecule has 8 heteroatoms. The van der Waals surface area contributed by atoms with Crippen LogP contribution in [0.5, 0.6) is 0 Å². The van der Waals surface area contributed by atoms with Gasteiger partial charge in [-0.3, -0.25) is 9.59 Å². The lowest BCUT2D eigenvalue weighted by Crippen LogP contribution is -2.47. The van der Waals surface area contributed by atoms with E-state index in [1.807, 2.05) is 12.1 Å². The summed E-state index contributed by atoms with van der Waals surface area (Å²) in [6, 6.07) is 12.3. The number of nitrogens with one attached hydrogen (secondary N) is 2. The third-order valence-corrected chi connectivity index (χ3v) is 4.12. The molecule has 27 heavy (non-hydrogen) atoms. The minimum absolute atomic E-state index is 0.175. The first-order valence-corrected chi connectivity index (χ1v) is 8.26. The molecule has 0 aliphatic carbocycles. The highest BCUT2D eigenvalue weighted by molar-refractivity contribution is 6.03. The first kappa shape index (κ1) is 16.6.